The molecule has 0 heterocycles. The zero-order valence-corrected chi connectivity index (χ0v) is 63.6. The minimum atomic E-state index is -4.96. The van der Waals surface area contributed by atoms with Gasteiger partial charge in [-0.25, -0.2) is 9.13 Å². The van der Waals surface area contributed by atoms with Crippen molar-refractivity contribution in [3.8, 4) is 0 Å². The standard InChI is InChI=1S/C76H148O17P2/c1-6-9-12-15-18-21-23-25-27-29-30-31-32-34-36-38-40-46-51-56-61-75(80)92-72(66-87-74(79)60-55-50-45-39-37-35-33-28-26-24-22-19-16-13-10-7-2)68-91-95(84,85)89-64-70(77)63-88-94(82,83)90-67-71(65-86-73(78)59-54-49-44-20-17-14-11-8-3)93-76(81)62-57-52-47-42-41-43-48-53-58-69(4)5/h69-72,77H,6-68H2,1-5H3,(H,82,83)(H,84,85)/t70-,71+,72+/m0/s1. The predicted octanol–water partition coefficient (Wildman–Crippen LogP) is 22.5. The summed E-state index contributed by atoms with van der Waals surface area (Å²) in [5.74, 6) is -1.40. The van der Waals surface area contributed by atoms with E-state index in [9.17, 15) is 43.2 Å². The van der Waals surface area contributed by atoms with Crippen molar-refractivity contribution in [3.05, 3.63) is 0 Å². The zero-order valence-electron chi connectivity index (χ0n) is 61.8. The van der Waals surface area contributed by atoms with Gasteiger partial charge in [0.25, 0.3) is 0 Å². The lowest BCUT2D eigenvalue weighted by molar-refractivity contribution is -0.161. The quantitative estimate of drug-likeness (QED) is 0.0222. The second-order valence-corrected chi connectivity index (χ2v) is 30.8. The molecule has 0 aliphatic heterocycles. The van der Waals surface area contributed by atoms with Gasteiger partial charge >= 0.3 is 39.5 Å². The minimum Gasteiger partial charge on any atom is -0.462 e. The van der Waals surface area contributed by atoms with Crippen LogP contribution in [0.15, 0.2) is 0 Å². The average molecular weight is 1400 g/mol. The first-order valence-corrected chi connectivity index (χ1v) is 42.6. The Hall–Kier alpha value is -1.94. The summed E-state index contributed by atoms with van der Waals surface area (Å²) >= 11 is 0. The van der Waals surface area contributed by atoms with Gasteiger partial charge in [-0.1, -0.05) is 349 Å². The zero-order chi connectivity index (χ0) is 69.8. The summed E-state index contributed by atoms with van der Waals surface area (Å²) in [6, 6.07) is 0. The molecule has 5 atom stereocenters. The first-order chi connectivity index (χ1) is 46.0. The molecular formula is C76H148O17P2. The lowest BCUT2D eigenvalue weighted by atomic mass is 10.0. The number of ether oxygens (including phenoxy) is 4. The van der Waals surface area contributed by atoms with Crippen LogP contribution in [0.5, 0.6) is 0 Å². The Bertz CT molecular complexity index is 1820. The number of aliphatic hydroxyl groups excluding tert-OH is 1. The summed E-state index contributed by atoms with van der Waals surface area (Å²) in [5, 5.41) is 10.6. The van der Waals surface area contributed by atoms with Crippen LogP contribution in [-0.2, 0) is 65.4 Å². The second-order valence-electron chi connectivity index (χ2n) is 27.9. The molecule has 0 aromatic heterocycles. The molecule has 0 aliphatic rings. The number of carbonyl (C=O) groups is 4. The first-order valence-electron chi connectivity index (χ1n) is 39.6. The van der Waals surface area contributed by atoms with Crippen LogP contribution in [0.3, 0.4) is 0 Å². The van der Waals surface area contributed by atoms with Crippen molar-refractivity contribution >= 4 is 39.5 Å². The van der Waals surface area contributed by atoms with E-state index >= 15 is 0 Å². The molecular weight excluding hydrogens is 1250 g/mol. The van der Waals surface area contributed by atoms with E-state index in [2.05, 4.69) is 34.6 Å². The van der Waals surface area contributed by atoms with Gasteiger partial charge in [0, 0.05) is 25.7 Å². The van der Waals surface area contributed by atoms with Crippen molar-refractivity contribution in [3.63, 3.8) is 0 Å². The number of unbranched alkanes of at least 4 members (excludes halogenated alkanes) is 48. The van der Waals surface area contributed by atoms with Gasteiger partial charge in [-0.15, -0.1) is 0 Å². The van der Waals surface area contributed by atoms with Crippen molar-refractivity contribution in [2.24, 2.45) is 5.92 Å². The lowest BCUT2D eigenvalue weighted by Crippen LogP contribution is -2.30. The third-order valence-electron chi connectivity index (χ3n) is 17.8. The number of phosphoric acid groups is 2. The fourth-order valence-corrected chi connectivity index (χ4v) is 13.3. The highest BCUT2D eigenvalue weighted by atomic mass is 31.2. The van der Waals surface area contributed by atoms with Crippen molar-refractivity contribution < 1.29 is 80.2 Å². The van der Waals surface area contributed by atoms with Crippen LogP contribution >= 0.6 is 15.6 Å². The third-order valence-corrected chi connectivity index (χ3v) is 19.7. The Morgan fingerprint density at radius 1 is 0.284 bits per heavy atom. The Morgan fingerprint density at radius 2 is 0.484 bits per heavy atom. The van der Waals surface area contributed by atoms with E-state index in [0.29, 0.717) is 25.7 Å². The third kappa shape index (κ3) is 70.3. The summed E-state index contributed by atoms with van der Waals surface area (Å²) in [6.45, 7) is 7.22. The molecule has 17 nitrogen and oxygen atoms in total. The van der Waals surface area contributed by atoms with Crippen molar-refractivity contribution in [2.45, 2.75) is 419 Å². The van der Waals surface area contributed by atoms with Gasteiger partial charge in [-0.3, -0.25) is 37.3 Å². The van der Waals surface area contributed by atoms with E-state index in [4.69, 9.17) is 37.0 Å². The Balaban J connectivity index is 5.19. The smallest absolute Gasteiger partial charge is 0.462 e. The van der Waals surface area contributed by atoms with Crippen LogP contribution in [0.4, 0.5) is 0 Å². The molecule has 0 saturated heterocycles. The van der Waals surface area contributed by atoms with E-state index in [1.165, 1.54) is 218 Å². The van der Waals surface area contributed by atoms with E-state index in [1.807, 2.05) is 0 Å². The molecule has 0 radical (unpaired) electrons. The molecule has 0 amide bonds. The van der Waals surface area contributed by atoms with Gasteiger partial charge in [-0.05, 0) is 31.6 Å². The maximum absolute atomic E-state index is 13.1. The maximum Gasteiger partial charge on any atom is 0.472 e. The monoisotopic (exact) mass is 1400 g/mol. The van der Waals surface area contributed by atoms with Crippen molar-refractivity contribution in [1.29, 1.82) is 0 Å². The number of aliphatic hydroxyl groups is 1. The number of hydrogen-bond donors (Lipinski definition) is 3. The lowest BCUT2D eigenvalue weighted by Gasteiger charge is -2.21. The molecule has 0 aromatic rings. The van der Waals surface area contributed by atoms with Crippen molar-refractivity contribution in [1.82, 2.24) is 0 Å². The maximum atomic E-state index is 13.1. The molecule has 0 aromatic carbocycles. The summed E-state index contributed by atoms with van der Waals surface area (Å²) in [7, 11) is -9.90. The van der Waals surface area contributed by atoms with Gasteiger partial charge in [-0.2, -0.15) is 0 Å². The molecule has 0 rings (SSSR count). The molecule has 95 heavy (non-hydrogen) atoms. The summed E-state index contributed by atoms with van der Waals surface area (Å²) in [5.41, 5.74) is 0. The number of esters is 4. The second kappa shape index (κ2) is 69.2. The molecule has 0 bridgehead atoms. The predicted molar refractivity (Wildman–Crippen MR) is 386 cm³/mol. The van der Waals surface area contributed by atoms with Gasteiger partial charge in [0.15, 0.2) is 12.2 Å². The topological polar surface area (TPSA) is 237 Å². The summed E-state index contributed by atoms with van der Waals surface area (Å²) in [6.07, 6.45) is 58.5. The minimum absolute atomic E-state index is 0.105. The highest BCUT2D eigenvalue weighted by Crippen LogP contribution is 2.45. The van der Waals surface area contributed by atoms with Crippen LogP contribution in [0.1, 0.15) is 401 Å². The number of carbonyl (C=O) groups excluding carboxylic acids is 4. The summed E-state index contributed by atoms with van der Waals surface area (Å²) in [4.78, 5) is 72.7. The van der Waals surface area contributed by atoms with E-state index < -0.39 is 97.5 Å². The average Bonchev–Trinajstić information content (AvgIpc) is 1.28. The highest BCUT2D eigenvalue weighted by Gasteiger charge is 2.30. The molecule has 0 aliphatic carbocycles. The van der Waals surface area contributed by atoms with Gasteiger partial charge in [0.1, 0.15) is 19.3 Å². The van der Waals surface area contributed by atoms with Crippen LogP contribution in [-0.4, -0.2) is 96.7 Å². The van der Waals surface area contributed by atoms with Crippen molar-refractivity contribution in [2.75, 3.05) is 39.6 Å². The normalized spacial score (nSPS) is 13.9. The summed E-state index contributed by atoms with van der Waals surface area (Å²) < 4.78 is 68.4. The van der Waals surface area contributed by atoms with Crippen LogP contribution < -0.4 is 0 Å². The Morgan fingerprint density at radius 3 is 0.716 bits per heavy atom. The van der Waals surface area contributed by atoms with E-state index in [1.54, 1.807) is 0 Å². The van der Waals surface area contributed by atoms with Gasteiger partial charge in [0.05, 0.1) is 26.4 Å². The molecule has 3 N–H and O–H groups in total. The number of rotatable bonds is 76. The fourth-order valence-electron chi connectivity index (χ4n) is 11.7. The molecule has 2 unspecified atom stereocenters. The number of phosphoric ester groups is 2. The van der Waals surface area contributed by atoms with E-state index in [-0.39, 0.29) is 25.7 Å². The van der Waals surface area contributed by atoms with E-state index in [0.717, 1.165) is 102 Å². The molecule has 564 valence electrons. The first kappa shape index (κ1) is 93.1. The van der Waals surface area contributed by atoms with Crippen LogP contribution in [0.2, 0.25) is 0 Å². The van der Waals surface area contributed by atoms with Gasteiger partial charge < -0.3 is 33.8 Å². The molecule has 0 spiro atoms. The fraction of sp³-hybridized carbons (Fsp3) is 0.947. The number of hydrogen-bond acceptors (Lipinski definition) is 15. The Kier molecular flexibility index (Phi) is 67.7. The van der Waals surface area contributed by atoms with Crippen LogP contribution in [0.25, 0.3) is 0 Å². The highest BCUT2D eigenvalue weighted by molar-refractivity contribution is 7.47. The Labute approximate surface area is 581 Å². The molecule has 0 fully saturated rings. The molecule has 19 heteroatoms. The van der Waals surface area contributed by atoms with Gasteiger partial charge in [0.2, 0.25) is 0 Å². The SMILES string of the molecule is CCCCCCCCCCCCCCCCCCCCCCC(=O)O[C@H](COC(=O)CCCCCCCCCCCCCCCCCC)COP(=O)(O)OC[C@@H](O)COP(=O)(O)OC[C@@H](COC(=O)CCCCCCCCCC)OC(=O)CCCCCCCCCCC(C)C. The van der Waals surface area contributed by atoms with Crippen LogP contribution in [0, 0.1) is 5.92 Å². The molecule has 0 saturated carbocycles. The largest absolute Gasteiger partial charge is 0.472 e.